The maximum atomic E-state index is 6.61. The SMILES string of the molecule is c1ccc(-c2nc3c4cc(-c5ccc(N(c6ccccc6)c6ccc(-c7ccccc7)c(-c7ccccc7)c6)cc5)c5ccccc5c4c4ccccc4c3o2)cc1. The molecule has 10 aromatic carbocycles. The van der Waals surface area contributed by atoms with Crippen LogP contribution in [0.5, 0.6) is 0 Å². The highest BCUT2D eigenvalue weighted by atomic mass is 16.3. The number of anilines is 3. The second-order valence-corrected chi connectivity index (χ2v) is 14.7. The molecule has 0 spiro atoms. The Morgan fingerprint density at radius 2 is 0.810 bits per heavy atom. The number of hydrogen-bond donors (Lipinski definition) is 0. The van der Waals surface area contributed by atoms with Gasteiger partial charge in [0.2, 0.25) is 5.89 Å². The fourth-order valence-corrected chi connectivity index (χ4v) is 8.59. The first kappa shape index (κ1) is 33.6. The third-order valence-electron chi connectivity index (χ3n) is 11.3. The molecular weight excluding hydrogens is 705 g/mol. The fourth-order valence-electron chi connectivity index (χ4n) is 8.59. The van der Waals surface area contributed by atoms with E-state index in [1.54, 1.807) is 0 Å². The lowest BCUT2D eigenvalue weighted by molar-refractivity contribution is 0.623. The van der Waals surface area contributed by atoms with E-state index in [1.807, 2.05) is 18.2 Å². The summed E-state index contributed by atoms with van der Waals surface area (Å²) in [5.41, 5.74) is 12.9. The van der Waals surface area contributed by atoms with Gasteiger partial charge in [-0.2, -0.15) is 0 Å². The summed E-state index contributed by atoms with van der Waals surface area (Å²) in [6, 6.07) is 77.6. The van der Waals surface area contributed by atoms with Crippen molar-refractivity contribution >= 4 is 60.5 Å². The molecule has 3 nitrogen and oxygen atoms in total. The first-order valence-electron chi connectivity index (χ1n) is 19.7. The molecule has 11 aromatic rings. The van der Waals surface area contributed by atoms with Gasteiger partial charge in [-0.3, -0.25) is 0 Å². The Labute approximate surface area is 336 Å². The molecule has 0 bridgehead atoms. The van der Waals surface area contributed by atoms with Crippen molar-refractivity contribution in [3.05, 3.63) is 218 Å². The Morgan fingerprint density at radius 1 is 0.328 bits per heavy atom. The van der Waals surface area contributed by atoms with Gasteiger partial charge in [-0.15, -0.1) is 0 Å². The van der Waals surface area contributed by atoms with E-state index < -0.39 is 0 Å². The highest BCUT2D eigenvalue weighted by Crippen LogP contribution is 2.45. The van der Waals surface area contributed by atoms with Crippen LogP contribution in [-0.2, 0) is 0 Å². The normalized spacial score (nSPS) is 11.4. The van der Waals surface area contributed by atoms with Crippen molar-refractivity contribution in [2.75, 3.05) is 4.90 Å². The molecule has 58 heavy (non-hydrogen) atoms. The highest BCUT2D eigenvalue weighted by Gasteiger charge is 2.21. The lowest BCUT2D eigenvalue weighted by atomic mass is 9.90. The summed E-state index contributed by atoms with van der Waals surface area (Å²) in [6.07, 6.45) is 0. The summed E-state index contributed by atoms with van der Waals surface area (Å²) in [5.74, 6) is 0.626. The minimum atomic E-state index is 0.626. The largest absolute Gasteiger partial charge is 0.435 e. The summed E-state index contributed by atoms with van der Waals surface area (Å²) < 4.78 is 6.61. The highest BCUT2D eigenvalue weighted by molar-refractivity contribution is 6.31. The monoisotopic (exact) mass is 740 g/mol. The molecule has 0 fully saturated rings. The topological polar surface area (TPSA) is 29.3 Å². The first-order valence-corrected chi connectivity index (χ1v) is 19.7. The van der Waals surface area contributed by atoms with Crippen molar-refractivity contribution in [3.63, 3.8) is 0 Å². The second-order valence-electron chi connectivity index (χ2n) is 14.7. The summed E-state index contributed by atoms with van der Waals surface area (Å²) in [4.78, 5) is 7.54. The summed E-state index contributed by atoms with van der Waals surface area (Å²) in [5, 5.41) is 6.88. The molecule has 1 aromatic heterocycles. The third-order valence-corrected chi connectivity index (χ3v) is 11.3. The van der Waals surface area contributed by atoms with Crippen LogP contribution in [0.1, 0.15) is 0 Å². The van der Waals surface area contributed by atoms with E-state index >= 15 is 0 Å². The van der Waals surface area contributed by atoms with Gasteiger partial charge in [0.05, 0.1) is 0 Å². The molecule has 0 aliphatic carbocycles. The molecule has 0 saturated heterocycles. The van der Waals surface area contributed by atoms with E-state index in [0.717, 1.165) is 61.0 Å². The van der Waals surface area contributed by atoms with Gasteiger partial charge in [-0.05, 0) is 110 Å². The van der Waals surface area contributed by atoms with E-state index in [0.29, 0.717) is 5.89 Å². The minimum absolute atomic E-state index is 0.626. The number of oxazole rings is 1. The Morgan fingerprint density at radius 3 is 1.47 bits per heavy atom. The standard InChI is InChI=1S/C55H36N2O/c1-5-17-37(18-6-1)44-34-33-43(35-49(44)38-19-7-2-8-20-38)57(41-23-11-4-12-24-41)42-31-29-39(30-32-42)50-36-51-52(46-26-14-13-25-45(46)50)47-27-15-16-28-48(47)54-53(51)56-55(58-54)40-21-9-3-10-22-40/h1-36H. The predicted octanol–water partition coefficient (Wildman–Crippen LogP) is 15.4. The van der Waals surface area contributed by atoms with Gasteiger partial charge in [-0.1, -0.05) is 164 Å². The van der Waals surface area contributed by atoms with Crippen LogP contribution in [0.15, 0.2) is 223 Å². The number of rotatable bonds is 7. The molecule has 0 atom stereocenters. The smallest absolute Gasteiger partial charge is 0.227 e. The van der Waals surface area contributed by atoms with Crippen molar-refractivity contribution in [1.29, 1.82) is 0 Å². The molecule has 11 rings (SSSR count). The lowest BCUT2D eigenvalue weighted by Crippen LogP contribution is -2.10. The quantitative estimate of drug-likeness (QED) is 0.152. The van der Waals surface area contributed by atoms with E-state index in [9.17, 15) is 0 Å². The van der Waals surface area contributed by atoms with Crippen LogP contribution in [0.4, 0.5) is 17.1 Å². The van der Waals surface area contributed by atoms with Crippen molar-refractivity contribution in [3.8, 4) is 44.8 Å². The van der Waals surface area contributed by atoms with Crippen molar-refractivity contribution in [1.82, 2.24) is 4.98 Å². The van der Waals surface area contributed by atoms with Crippen LogP contribution in [0, 0.1) is 0 Å². The summed E-state index contributed by atoms with van der Waals surface area (Å²) >= 11 is 0. The number of aromatic nitrogens is 1. The van der Waals surface area contributed by atoms with Gasteiger partial charge in [-0.25, -0.2) is 4.98 Å². The predicted molar refractivity (Wildman–Crippen MR) is 243 cm³/mol. The number of hydrogen-bond acceptors (Lipinski definition) is 3. The molecule has 272 valence electrons. The molecule has 0 radical (unpaired) electrons. The maximum absolute atomic E-state index is 6.61. The van der Waals surface area contributed by atoms with Gasteiger partial charge >= 0.3 is 0 Å². The van der Waals surface area contributed by atoms with Crippen molar-refractivity contribution < 1.29 is 4.42 Å². The Hall–Kier alpha value is -7.75. The van der Waals surface area contributed by atoms with Crippen LogP contribution >= 0.6 is 0 Å². The van der Waals surface area contributed by atoms with Gasteiger partial charge in [0.1, 0.15) is 5.52 Å². The Bertz CT molecular complexity index is 3250. The third kappa shape index (κ3) is 5.72. The molecule has 0 amide bonds. The average molecular weight is 741 g/mol. The van der Waals surface area contributed by atoms with Crippen LogP contribution in [-0.4, -0.2) is 4.98 Å². The maximum Gasteiger partial charge on any atom is 0.227 e. The fraction of sp³-hybridized carbons (Fsp3) is 0. The van der Waals surface area contributed by atoms with Gasteiger partial charge in [0, 0.05) is 33.4 Å². The van der Waals surface area contributed by atoms with Crippen LogP contribution in [0.2, 0.25) is 0 Å². The zero-order valence-electron chi connectivity index (χ0n) is 31.6. The van der Waals surface area contributed by atoms with Gasteiger partial charge < -0.3 is 9.32 Å². The minimum Gasteiger partial charge on any atom is -0.435 e. The average Bonchev–Trinajstić information content (AvgIpc) is 3.77. The zero-order valence-corrected chi connectivity index (χ0v) is 31.6. The summed E-state index contributed by atoms with van der Waals surface area (Å²) in [6.45, 7) is 0. The van der Waals surface area contributed by atoms with E-state index in [4.69, 9.17) is 9.40 Å². The van der Waals surface area contributed by atoms with E-state index in [-0.39, 0.29) is 0 Å². The van der Waals surface area contributed by atoms with Crippen molar-refractivity contribution in [2.24, 2.45) is 0 Å². The molecular formula is C55H36N2O. The Balaban J connectivity index is 1.09. The molecule has 1 heterocycles. The Kier molecular flexibility index (Phi) is 8.15. The molecule has 0 aliphatic heterocycles. The van der Waals surface area contributed by atoms with Crippen molar-refractivity contribution in [2.45, 2.75) is 0 Å². The van der Waals surface area contributed by atoms with E-state index in [2.05, 4.69) is 205 Å². The number of para-hydroxylation sites is 1. The molecule has 0 saturated carbocycles. The molecule has 0 unspecified atom stereocenters. The molecule has 0 N–H and O–H groups in total. The van der Waals surface area contributed by atoms with Crippen LogP contribution in [0.25, 0.3) is 88.3 Å². The number of nitrogens with zero attached hydrogens (tertiary/aromatic N) is 2. The lowest BCUT2D eigenvalue weighted by Gasteiger charge is -2.27. The zero-order chi connectivity index (χ0) is 38.4. The van der Waals surface area contributed by atoms with Crippen LogP contribution in [0.3, 0.4) is 0 Å². The number of fused-ring (bicyclic) bond motifs is 8. The van der Waals surface area contributed by atoms with Gasteiger partial charge in [0.15, 0.2) is 5.58 Å². The summed E-state index contributed by atoms with van der Waals surface area (Å²) in [7, 11) is 0. The molecule has 0 aliphatic rings. The van der Waals surface area contributed by atoms with Crippen LogP contribution < -0.4 is 4.90 Å². The van der Waals surface area contributed by atoms with Gasteiger partial charge in [0.25, 0.3) is 0 Å². The first-order chi connectivity index (χ1) is 28.8. The molecule has 3 heteroatoms. The number of benzene rings is 10. The second kappa shape index (κ2) is 14.1. The van der Waals surface area contributed by atoms with E-state index in [1.165, 1.54) is 38.4 Å².